The summed E-state index contributed by atoms with van der Waals surface area (Å²) in [6, 6.07) is 3.51. The van der Waals surface area contributed by atoms with Gasteiger partial charge in [-0.15, -0.1) is 0 Å². The quantitative estimate of drug-likeness (QED) is 0.840. The van der Waals surface area contributed by atoms with E-state index in [-0.39, 0.29) is 23.3 Å². The minimum absolute atomic E-state index is 0.177. The molecule has 19 heavy (non-hydrogen) atoms. The second kappa shape index (κ2) is 5.07. The molecule has 1 aliphatic rings. The smallest absolute Gasteiger partial charge is 0.156 e. The van der Waals surface area contributed by atoms with Gasteiger partial charge in [0, 0.05) is 17.7 Å². The molecule has 1 heterocycles. The van der Waals surface area contributed by atoms with Crippen molar-refractivity contribution in [3.63, 3.8) is 0 Å². The highest BCUT2D eigenvalue weighted by Crippen LogP contribution is 2.28. The van der Waals surface area contributed by atoms with E-state index >= 15 is 0 Å². The fourth-order valence-corrected chi connectivity index (χ4v) is 3.72. The maximum Gasteiger partial charge on any atom is 0.156 e. The van der Waals surface area contributed by atoms with Crippen LogP contribution < -0.4 is 10.5 Å². The van der Waals surface area contributed by atoms with Crippen molar-refractivity contribution in [1.29, 1.82) is 0 Å². The Labute approximate surface area is 111 Å². The Bertz CT molecular complexity index is 573. The third kappa shape index (κ3) is 3.23. The van der Waals surface area contributed by atoms with Gasteiger partial charge in [0.1, 0.15) is 23.8 Å². The molecule has 106 valence electrons. The first-order valence-corrected chi connectivity index (χ1v) is 7.71. The minimum Gasteiger partial charge on any atom is -0.486 e. The second-order valence-corrected chi connectivity index (χ2v) is 6.93. The largest absolute Gasteiger partial charge is 0.486 e. The molecule has 0 bridgehead atoms. The summed E-state index contributed by atoms with van der Waals surface area (Å²) in [6.07, 6.45) is -1.99. The predicted molar refractivity (Wildman–Crippen MR) is 68.1 cm³/mol. The summed E-state index contributed by atoms with van der Waals surface area (Å²) in [7, 11) is -3.31. The lowest BCUT2D eigenvalue weighted by Crippen LogP contribution is -2.30. The summed E-state index contributed by atoms with van der Waals surface area (Å²) in [5.41, 5.74) is 6.31. The number of sulfone groups is 1. The average molecular weight is 289 g/mol. The highest BCUT2D eigenvalue weighted by Gasteiger charge is 2.38. The van der Waals surface area contributed by atoms with Crippen LogP contribution in [0.1, 0.15) is 18.5 Å². The number of nitrogens with two attached hydrogens (primary N) is 1. The number of benzene rings is 1. The van der Waals surface area contributed by atoms with Crippen molar-refractivity contribution in [1.82, 2.24) is 0 Å². The highest BCUT2D eigenvalue weighted by molar-refractivity contribution is 7.91. The van der Waals surface area contributed by atoms with Gasteiger partial charge in [0.15, 0.2) is 9.84 Å². The van der Waals surface area contributed by atoms with Crippen LogP contribution in [0.3, 0.4) is 0 Å². The molecule has 0 radical (unpaired) electrons. The Hall–Kier alpha value is -1.18. The SMILES string of the molecule is C[C@H](N)c1ccc(F)cc1OC1CS(=O)(=O)CC1O. The van der Waals surface area contributed by atoms with E-state index in [0.717, 1.165) is 6.07 Å². The monoisotopic (exact) mass is 289 g/mol. The Morgan fingerprint density at radius 2 is 2.16 bits per heavy atom. The van der Waals surface area contributed by atoms with E-state index in [1.165, 1.54) is 12.1 Å². The molecule has 1 fully saturated rings. The van der Waals surface area contributed by atoms with Gasteiger partial charge in [-0.25, -0.2) is 12.8 Å². The Kier molecular flexibility index (Phi) is 3.80. The van der Waals surface area contributed by atoms with Crippen LogP contribution in [-0.4, -0.2) is 37.2 Å². The van der Waals surface area contributed by atoms with Gasteiger partial charge in [0.25, 0.3) is 0 Å². The topological polar surface area (TPSA) is 89.6 Å². The van der Waals surface area contributed by atoms with Crippen molar-refractivity contribution >= 4 is 9.84 Å². The van der Waals surface area contributed by atoms with Gasteiger partial charge in [0.2, 0.25) is 0 Å². The molecule has 2 rings (SSSR count). The number of aliphatic hydroxyl groups excluding tert-OH is 1. The van der Waals surface area contributed by atoms with E-state index in [1.807, 2.05) is 0 Å². The van der Waals surface area contributed by atoms with Crippen LogP contribution in [0.25, 0.3) is 0 Å². The average Bonchev–Trinajstić information content (AvgIpc) is 2.51. The number of hydrogen-bond acceptors (Lipinski definition) is 5. The van der Waals surface area contributed by atoms with Crippen molar-refractivity contribution in [3.8, 4) is 5.75 Å². The van der Waals surface area contributed by atoms with Gasteiger partial charge in [0.05, 0.1) is 11.5 Å². The van der Waals surface area contributed by atoms with Crippen molar-refractivity contribution in [2.24, 2.45) is 5.73 Å². The first kappa shape index (κ1) is 14.2. The molecule has 1 aromatic carbocycles. The van der Waals surface area contributed by atoms with Gasteiger partial charge in [-0.1, -0.05) is 6.07 Å². The molecular formula is C12H16FNO4S. The zero-order valence-corrected chi connectivity index (χ0v) is 11.2. The Morgan fingerprint density at radius 3 is 2.68 bits per heavy atom. The van der Waals surface area contributed by atoms with Crippen LogP contribution in [0.2, 0.25) is 0 Å². The molecule has 5 nitrogen and oxygen atoms in total. The van der Waals surface area contributed by atoms with Crippen molar-refractivity contribution < 1.29 is 22.7 Å². The molecule has 2 unspecified atom stereocenters. The summed E-state index contributed by atoms with van der Waals surface area (Å²) in [4.78, 5) is 0. The first-order chi connectivity index (χ1) is 8.78. The zero-order chi connectivity index (χ0) is 14.2. The lowest BCUT2D eigenvalue weighted by molar-refractivity contribution is 0.0727. The van der Waals surface area contributed by atoms with E-state index < -0.39 is 27.9 Å². The number of aliphatic hydroxyl groups is 1. The normalized spacial score (nSPS) is 27.2. The maximum absolute atomic E-state index is 13.2. The van der Waals surface area contributed by atoms with Gasteiger partial charge >= 0.3 is 0 Å². The first-order valence-electron chi connectivity index (χ1n) is 5.88. The van der Waals surface area contributed by atoms with E-state index in [0.29, 0.717) is 5.56 Å². The van der Waals surface area contributed by atoms with E-state index in [9.17, 15) is 17.9 Å². The van der Waals surface area contributed by atoms with Crippen LogP contribution in [0, 0.1) is 5.82 Å². The predicted octanol–water partition coefficient (Wildman–Crippen LogP) is 0.382. The van der Waals surface area contributed by atoms with Crippen LogP contribution in [0.4, 0.5) is 4.39 Å². The molecular weight excluding hydrogens is 273 g/mol. The van der Waals surface area contributed by atoms with E-state index in [2.05, 4.69) is 0 Å². The third-order valence-electron chi connectivity index (χ3n) is 3.02. The number of hydrogen-bond donors (Lipinski definition) is 2. The molecule has 0 amide bonds. The van der Waals surface area contributed by atoms with Gasteiger partial charge in [-0.05, 0) is 13.0 Å². The van der Waals surface area contributed by atoms with Gasteiger partial charge in [-0.2, -0.15) is 0 Å². The third-order valence-corrected chi connectivity index (χ3v) is 4.70. The second-order valence-electron chi connectivity index (χ2n) is 4.77. The van der Waals surface area contributed by atoms with E-state index in [1.54, 1.807) is 6.92 Å². The molecule has 0 aromatic heterocycles. The summed E-state index contributed by atoms with van der Waals surface area (Å²) in [5.74, 6) is -0.935. The maximum atomic E-state index is 13.2. The summed E-state index contributed by atoms with van der Waals surface area (Å²) in [6.45, 7) is 1.71. The summed E-state index contributed by atoms with van der Waals surface area (Å²) >= 11 is 0. The van der Waals surface area contributed by atoms with Crippen molar-refractivity contribution in [2.45, 2.75) is 25.2 Å². The number of ether oxygens (including phenoxy) is 1. The van der Waals surface area contributed by atoms with Crippen molar-refractivity contribution in [3.05, 3.63) is 29.6 Å². The summed E-state index contributed by atoms with van der Waals surface area (Å²) in [5, 5.41) is 9.66. The molecule has 3 N–H and O–H groups in total. The number of halogens is 1. The molecule has 1 saturated heterocycles. The summed E-state index contributed by atoms with van der Waals surface area (Å²) < 4.78 is 41.5. The van der Waals surface area contributed by atoms with E-state index in [4.69, 9.17) is 10.5 Å². The standard InChI is InChI=1S/C12H16FNO4S/c1-7(14)9-3-2-8(13)4-11(9)18-12-6-19(16,17)5-10(12)15/h2-4,7,10,12,15H,5-6,14H2,1H3/t7-,10?,12?/m0/s1. The molecule has 7 heteroatoms. The molecule has 3 atom stereocenters. The highest BCUT2D eigenvalue weighted by atomic mass is 32.2. The van der Waals surface area contributed by atoms with Crippen LogP contribution >= 0.6 is 0 Å². The van der Waals surface area contributed by atoms with Gasteiger partial charge < -0.3 is 15.6 Å². The minimum atomic E-state index is -3.31. The van der Waals surface area contributed by atoms with Crippen LogP contribution in [-0.2, 0) is 9.84 Å². The van der Waals surface area contributed by atoms with Crippen LogP contribution in [0.15, 0.2) is 18.2 Å². The zero-order valence-electron chi connectivity index (χ0n) is 10.4. The molecule has 0 aliphatic carbocycles. The molecule has 1 aromatic rings. The Balaban J connectivity index is 2.26. The molecule has 1 aliphatic heterocycles. The van der Waals surface area contributed by atoms with Crippen LogP contribution in [0.5, 0.6) is 5.75 Å². The lowest BCUT2D eigenvalue weighted by Gasteiger charge is -2.19. The molecule has 0 spiro atoms. The lowest BCUT2D eigenvalue weighted by atomic mass is 10.1. The Morgan fingerprint density at radius 1 is 1.47 bits per heavy atom. The van der Waals surface area contributed by atoms with Crippen molar-refractivity contribution in [2.75, 3.05) is 11.5 Å². The van der Waals surface area contributed by atoms with Gasteiger partial charge in [-0.3, -0.25) is 0 Å². The fraction of sp³-hybridized carbons (Fsp3) is 0.500. The molecule has 0 saturated carbocycles. The number of rotatable bonds is 3. The fourth-order valence-electron chi connectivity index (χ4n) is 2.06.